The Morgan fingerprint density at radius 1 is 0.925 bits per heavy atom. The van der Waals surface area contributed by atoms with Crippen LogP contribution in [0.2, 0.25) is 5.02 Å². The first-order chi connectivity index (χ1) is 25.7. The Labute approximate surface area is 315 Å². The number of hydrogen-bond acceptors (Lipinski definition) is 10. The molecule has 0 saturated carbocycles. The molecule has 2 aromatic heterocycles. The minimum absolute atomic E-state index is 0.148. The van der Waals surface area contributed by atoms with Gasteiger partial charge in [0.15, 0.2) is 0 Å². The van der Waals surface area contributed by atoms with Gasteiger partial charge in [-0.2, -0.15) is 5.26 Å². The third-order valence-electron chi connectivity index (χ3n) is 10.1. The van der Waals surface area contributed by atoms with Crippen LogP contribution < -0.4 is 14.2 Å². The number of β-amino-alcohol motifs (C(OH)–C–C–N with tert-alkyl or cyclic N) is 1. The van der Waals surface area contributed by atoms with Gasteiger partial charge in [-0.05, 0) is 81.0 Å². The minimum atomic E-state index is -0.839. The summed E-state index contributed by atoms with van der Waals surface area (Å²) in [6.45, 7) is 8.61. The van der Waals surface area contributed by atoms with Crippen molar-refractivity contribution in [3.05, 3.63) is 99.6 Å². The summed E-state index contributed by atoms with van der Waals surface area (Å²) in [6, 6.07) is 12.8. The van der Waals surface area contributed by atoms with Gasteiger partial charge < -0.3 is 29.3 Å². The molecular weight excluding hydrogens is 694 g/mol. The summed E-state index contributed by atoms with van der Waals surface area (Å²) in [5.74, 6) is 0.922. The van der Waals surface area contributed by atoms with E-state index in [9.17, 15) is 20.3 Å². The van der Waals surface area contributed by atoms with Crippen molar-refractivity contribution in [3.8, 4) is 34.4 Å². The molecule has 2 saturated heterocycles. The molecule has 2 aliphatic rings. The number of ether oxygens (including phenoxy) is 3. The Balaban J connectivity index is 1.18. The Bertz CT molecular complexity index is 1950. The molecule has 53 heavy (non-hydrogen) atoms. The molecule has 2 aliphatic heterocycles. The topological polar surface area (TPSA) is 141 Å². The first kappa shape index (κ1) is 38.0. The molecule has 0 bridgehead atoms. The van der Waals surface area contributed by atoms with Crippen LogP contribution in [0.15, 0.2) is 61.2 Å². The van der Waals surface area contributed by atoms with Gasteiger partial charge in [0.05, 0.1) is 23.3 Å². The van der Waals surface area contributed by atoms with E-state index in [4.69, 9.17) is 25.8 Å². The van der Waals surface area contributed by atoms with Crippen molar-refractivity contribution in [1.82, 2.24) is 19.8 Å². The summed E-state index contributed by atoms with van der Waals surface area (Å²) >= 11 is 6.84. The van der Waals surface area contributed by atoms with Crippen LogP contribution in [0.1, 0.15) is 65.5 Å². The summed E-state index contributed by atoms with van der Waals surface area (Å²) in [5.41, 5.74) is 6.84. The van der Waals surface area contributed by atoms with E-state index < -0.39 is 12.0 Å². The maximum absolute atomic E-state index is 12.1. The van der Waals surface area contributed by atoms with Crippen LogP contribution in [0, 0.1) is 25.2 Å². The lowest BCUT2D eigenvalue weighted by Gasteiger charge is -2.33. The second kappa shape index (κ2) is 17.9. The molecule has 4 heterocycles. The molecule has 12 heteroatoms. The number of likely N-dealkylation sites (tertiary alicyclic amines) is 2. The van der Waals surface area contributed by atoms with Crippen LogP contribution in [0.3, 0.4) is 0 Å². The van der Waals surface area contributed by atoms with E-state index >= 15 is 0 Å². The average Bonchev–Trinajstić information content (AvgIpc) is 3.58. The van der Waals surface area contributed by atoms with Crippen molar-refractivity contribution in [3.63, 3.8) is 0 Å². The number of carboxylic acid groups (broad SMARTS) is 1. The van der Waals surface area contributed by atoms with Crippen molar-refractivity contribution in [1.29, 1.82) is 5.26 Å². The highest BCUT2D eigenvalue weighted by Crippen LogP contribution is 2.37. The lowest BCUT2D eigenvalue weighted by atomic mass is 9.95. The zero-order chi connectivity index (χ0) is 37.3. The fraction of sp³-hybridized carbons (Fsp3) is 0.415. The van der Waals surface area contributed by atoms with Crippen molar-refractivity contribution in [2.45, 2.75) is 77.9 Å². The van der Waals surface area contributed by atoms with Gasteiger partial charge in [-0.25, -0.2) is 0 Å². The normalized spacial score (nSPS) is 17.7. The highest BCUT2D eigenvalue weighted by atomic mass is 35.5. The fourth-order valence-corrected chi connectivity index (χ4v) is 7.34. The van der Waals surface area contributed by atoms with Gasteiger partial charge in [0.25, 0.3) is 0 Å². The number of pyridine rings is 2. The number of aliphatic hydroxyl groups is 1. The highest BCUT2D eigenvalue weighted by Gasteiger charge is 2.29. The summed E-state index contributed by atoms with van der Waals surface area (Å²) in [7, 11) is 0. The standard InChI is InChI=1S/C41H46ClN5O6/c1-27-32(21-45-22-35(27)34-7-5-9-38(28(34)2)51-14-6-11-46-13-10-33(48)24-46)26-53-40-17-39(52-25-30-15-29(18-43)19-44-20-30)31(16-36(40)42)23-47-12-4-3-8-37(47)41(49)50/h5,7,9,15-17,19-22,33,37,48H,3-4,6,8,10-14,23-26H2,1-2H3,(H,49,50)/t33-,37?/m1/s1. The van der Waals surface area contributed by atoms with Gasteiger partial charge >= 0.3 is 5.97 Å². The maximum atomic E-state index is 12.1. The molecule has 0 amide bonds. The van der Waals surface area contributed by atoms with Crippen LogP contribution in [0.25, 0.3) is 11.1 Å². The van der Waals surface area contributed by atoms with E-state index in [0.717, 1.165) is 90.0 Å². The van der Waals surface area contributed by atoms with Crippen molar-refractivity contribution < 1.29 is 29.2 Å². The summed E-state index contributed by atoms with van der Waals surface area (Å²) < 4.78 is 18.8. The molecule has 0 radical (unpaired) electrons. The van der Waals surface area contributed by atoms with E-state index in [1.54, 1.807) is 30.6 Å². The number of piperidine rings is 1. The van der Waals surface area contributed by atoms with Gasteiger partial charge in [-0.3, -0.25) is 19.7 Å². The number of nitrogens with zero attached hydrogens (tertiary/aromatic N) is 5. The average molecular weight is 740 g/mol. The maximum Gasteiger partial charge on any atom is 0.320 e. The number of carboxylic acids is 1. The molecule has 278 valence electrons. The second-order valence-electron chi connectivity index (χ2n) is 13.8. The van der Waals surface area contributed by atoms with Gasteiger partial charge in [-0.15, -0.1) is 0 Å². The summed E-state index contributed by atoms with van der Waals surface area (Å²) in [4.78, 5) is 25.0. The Morgan fingerprint density at radius 3 is 2.55 bits per heavy atom. The van der Waals surface area contributed by atoms with Crippen molar-refractivity contribution in [2.75, 3.05) is 32.8 Å². The molecule has 2 atom stereocenters. The molecule has 6 rings (SSSR count). The molecule has 11 nitrogen and oxygen atoms in total. The minimum Gasteiger partial charge on any atom is -0.493 e. The van der Waals surface area contributed by atoms with Crippen LogP contribution in [-0.4, -0.2) is 80.9 Å². The molecule has 2 N–H and O–H groups in total. The van der Waals surface area contributed by atoms with Gasteiger partial charge in [-0.1, -0.05) is 30.2 Å². The fourth-order valence-electron chi connectivity index (χ4n) is 7.10. The first-order valence-corrected chi connectivity index (χ1v) is 18.5. The highest BCUT2D eigenvalue weighted by molar-refractivity contribution is 6.32. The lowest BCUT2D eigenvalue weighted by molar-refractivity contribution is -0.144. The molecule has 4 aromatic rings. The van der Waals surface area contributed by atoms with E-state index in [-0.39, 0.29) is 19.3 Å². The van der Waals surface area contributed by atoms with Crippen LogP contribution in [-0.2, 0) is 24.6 Å². The smallest absolute Gasteiger partial charge is 0.320 e. The predicted octanol–water partition coefficient (Wildman–Crippen LogP) is 6.72. The quantitative estimate of drug-likeness (QED) is 0.126. The third kappa shape index (κ3) is 9.64. The number of aliphatic carboxylic acids is 1. The van der Waals surface area contributed by atoms with Gasteiger partial charge in [0.2, 0.25) is 0 Å². The predicted molar refractivity (Wildman–Crippen MR) is 201 cm³/mol. The SMILES string of the molecule is Cc1c(COc2cc(OCc3cncc(C#N)c3)c(CN3CCCCC3C(=O)O)cc2Cl)cncc1-c1cccc(OCCCN2CC[C@@H](O)C2)c1C. The van der Waals surface area contributed by atoms with Crippen molar-refractivity contribution >= 4 is 17.6 Å². The molecular formula is C41H46ClN5O6. The van der Waals surface area contributed by atoms with E-state index in [0.29, 0.717) is 48.2 Å². The Hall–Kier alpha value is -4.73. The van der Waals surface area contributed by atoms with E-state index in [2.05, 4.69) is 33.9 Å². The molecule has 0 spiro atoms. The number of rotatable bonds is 15. The van der Waals surface area contributed by atoms with Gasteiger partial charge in [0.1, 0.15) is 42.6 Å². The molecule has 1 unspecified atom stereocenters. The largest absolute Gasteiger partial charge is 0.493 e. The van der Waals surface area contributed by atoms with Crippen LogP contribution in [0.4, 0.5) is 0 Å². The molecule has 2 fully saturated rings. The Kier molecular flexibility index (Phi) is 12.8. The van der Waals surface area contributed by atoms with E-state index in [1.807, 2.05) is 30.2 Å². The second-order valence-corrected chi connectivity index (χ2v) is 14.2. The number of nitriles is 1. The van der Waals surface area contributed by atoms with Crippen molar-refractivity contribution in [2.24, 2.45) is 0 Å². The number of halogens is 1. The Morgan fingerprint density at radius 2 is 1.75 bits per heavy atom. The summed E-state index contributed by atoms with van der Waals surface area (Å²) in [6.07, 6.45) is 10.7. The monoisotopic (exact) mass is 739 g/mol. The van der Waals surface area contributed by atoms with Crippen LogP contribution in [0.5, 0.6) is 17.2 Å². The third-order valence-corrected chi connectivity index (χ3v) is 10.4. The molecule has 0 aliphatic carbocycles. The number of aromatic nitrogens is 2. The zero-order valence-corrected chi connectivity index (χ0v) is 31.0. The van der Waals surface area contributed by atoms with Gasteiger partial charge in [0, 0.05) is 79.3 Å². The number of benzene rings is 2. The lowest BCUT2D eigenvalue weighted by Crippen LogP contribution is -2.44. The number of aliphatic hydroxyl groups excluding tert-OH is 1. The molecule has 2 aromatic carbocycles. The van der Waals surface area contributed by atoms with E-state index in [1.165, 1.54) is 6.20 Å². The summed E-state index contributed by atoms with van der Waals surface area (Å²) in [5, 5.41) is 29.4. The zero-order valence-electron chi connectivity index (χ0n) is 30.3. The number of hydrogen-bond donors (Lipinski definition) is 2. The first-order valence-electron chi connectivity index (χ1n) is 18.2. The number of carbonyl (C=O) groups is 1. The van der Waals surface area contributed by atoms with Crippen LogP contribution >= 0.6 is 11.6 Å².